The normalized spacial score (nSPS) is 10.5. The molecule has 0 spiro atoms. The molecule has 0 saturated heterocycles. The molecule has 0 aromatic heterocycles. The second-order valence-corrected chi connectivity index (χ2v) is 8.52. The summed E-state index contributed by atoms with van der Waals surface area (Å²) in [7, 11) is 0.421. The molecule has 0 fully saturated rings. The van der Waals surface area contributed by atoms with Gasteiger partial charge in [0.05, 0.1) is 19.8 Å². The van der Waals surface area contributed by atoms with Crippen LogP contribution in [0.2, 0.25) is 5.02 Å². The minimum Gasteiger partial charge on any atom is -0.496 e. The van der Waals surface area contributed by atoms with E-state index >= 15 is 0 Å². The zero-order chi connectivity index (χ0) is 22.3. The van der Waals surface area contributed by atoms with Crippen molar-refractivity contribution in [2.24, 2.45) is 0 Å². The summed E-state index contributed by atoms with van der Waals surface area (Å²) in [6.07, 6.45) is 0.387. The van der Waals surface area contributed by atoms with Gasteiger partial charge in [0.1, 0.15) is 16.4 Å². The van der Waals surface area contributed by atoms with Crippen LogP contribution in [0.15, 0.2) is 41.3 Å². The van der Waals surface area contributed by atoms with Crippen LogP contribution in [0.25, 0.3) is 0 Å². The molecule has 0 aliphatic carbocycles. The molecule has 31 heavy (non-hydrogen) atoms. The van der Waals surface area contributed by atoms with E-state index in [-0.39, 0.29) is 57.8 Å². The number of nitrogens with one attached hydrogen (secondary N) is 3. The average molecular weight is 495 g/mol. The maximum Gasteiger partial charge on any atom is 1.00 e. The molecule has 2 rings (SSSR count). The maximum atomic E-state index is 12.6. The van der Waals surface area contributed by atoms with Gasteiger partial charge in [0, 0.05) is 18.6 Å². The van der Waals surface area contributed by atoms with Crippen LogP contribution in [0.5, 0.6) is 11.5 Å². The Balaban J connectivity index is 0.00000480. The fourth-order valence-corrected chi connectivity index (χ4v) is 4.27. The fraction of sp³-hybridized carbons (Fsp3) is 0.263. The van der Waals surface area contributed by atoms with E-state index in [2.05, 4.69) is 15.4 Å². The van der Waals surface area contributed by atoms with Crippen LogP contribution in [-0.4, -0.2) is 47.2 Å². The Kier molecular flexibility index (Phi) is 11.1. The Morgan fingerprint density at radius 2 is 1.74 bits per heavy atom. The third-order valence-electron chi connectivity index (χ3n) is 4.08. The first-order valence-corrected chi connectivity index (χ1v) is 11.0. The Bertz CT molecular complexity index is 1050. The summed E-state index contributed by atoms with van der Waals surface area (Å²) in [6.45, 7) is 0.267. The van der Waals surface area contributed by atoms with Gasteiger partial charge in [-0.25, -0.2) is 8.42 Å². The van der Waals surface area contributed by atoms with E-state index in [0.717, 1.165) is 0 Å². The van der Waals surface area contributed by atoms with Crippen LogP contribution in [0.1, 0.15) is 15.9 Å². The minimum atomic E-state index is -3.93. The number of ether oxygens (including phenoxy) is 2. The van der Waals surface area contributed by atoms with Crippen LogP contribution >= 0.6 is 23.8 Å². The van der Waals surface area contributed by atoms with E-state index in [1.807, 2.05) is 0 Å². The molecular formula is C19H22ClN3NaO5S2+. The van der Waals surface area contributed by atoms with E-state index in [0.29, 0.717) is 28.3 Å². The SMILES string of the molecule is CNC(=S)NS(=O)(=O)c1cc(CCNC(=O)c2cc(Cl)ccc2OC)ccc1OC.[Na+]. The Morgan fingerprint density at radius 3 is 2.35 bits per heavy atom. The van der Waals surface area contributed by atoms with Crippen molar-refractivity contribution in [2.45, 2.75) is 11.3 Å². The minimum absolute atomic E-state index is 0. The van der Waals surface area contributed by atoms with Crippen LogP contribution in [-0.2, 0) is 16.4 Å². The van der Waals surface area contributed by atoms with Gasteiger partial charge in [-0.1, -0.05) is 17.7 Å². The molecule has 2 aromatic rings. The van der Waals surface area contributed by atoms with Crippen molar-refractivity contribution in [3.8, 4) is 11.5 Å². The molecule has 2 aromatic carbocycles. The Hall–Kier alpha value is -1.56. The predicted molar refractivity (Wildman–Crippen MR) is 119 cm³/mol. The van der Waals surface area contributed by atoms with Gasteiger partial charge >= 0.3 is 29.6 Å². The van der Waals surface area contributed by atoms with Crippen molar-refractivity contribution in [1.29, 1.82) is 0 Å². The number of hydrogen-bond acceptors (Lipinski definition) is 6. The van der Waals surface area contributed by atoms with Crippen molar-refractivity contribution in [2.75, 3.05) is 27.8 Å². The van der Waals surface area contributed by atoms with Crippen molar-refractivity contribution < 1.29 is 52.2 Å². The van der Waals surface area contributed by atoms with Crippen LogP contribution in [0.4, 0.5) is 0 Å². The number of methoxy groups -OCH3 is 2. The molecule has 0 heterocycles. The van der Waals surface area contributed by atoms with Gasteiger partial charge in [-0.05, 0) is 54.5 Å². The smallest absolute Gasteiger partial charge is 0.496 e. The summed E-state index contributed by atoms with van der Waals surface area (Å²) in [6, 6.07) is 9.51. The quantitative estimate of drug-likeness (QED) is 0.323. The number of carbonyl (C=O) groups is 1. The van der Waals surface area contributed by atoms with Crippen molar-refractivity contribution in [1.82, 2.24) is 15.4 Å². The molecule has 1 amide bonds. The van der Waals surface area contributed by atoms with E-state index < -0.39 is 10.0 Å². The standard InChI is InChI=1S/C19H22ClN3O5S2.Na/c1-21-19(29)23-30(25,26)17-10-12(4-6-16(17)28-3)8-9-22-18(24)14-11-13(20)5-7-15(14)27-2;/h4-7,10-11H,8-9H2,1-3H3,(H,22,24)(H2,21,23,29);/q;+1. The summed E-state index contributed by atoms with van der Waals surface area (Å²) in [4.78, 5) is 12.4. The number of amides is 1. The van der Waals surface area contributed by atoms with Crippen molar-refractivity contribution in [3.05, 3.63) is 52.5 Å². The topological polar surface area (TPSA) is 106 Å². The zero-order valence-electron chi connectivity index (χ0n) is 17.6. The van der Waals surface area contributed by atoms with E-state index in [4.69, 9.17) is 33.3 Å². The molecule has 12 heteroatoms. The Labute approximate surface area is 214 Å². The molecule has 0 atom stereocenters. The zero-order valence-corrected chi connectivity index (χ0v) is 22.0. The van der Waals surface area contributed by atoms with Crippen molar-refractivity contribution >= 4 is 44.9 Å². The van der Waals surface area contributed by atoms with Crippen LogP contribution in [0, 0.1) is 0 Å². The van der Waals surface area contributed by atoms with Gasteiger partial charge in [0.2, 0.25) is 0 Å². The van der Waals surface area contributed by atoms with Crippen LogP contribution < -0.4 is 54.4 Å². The summed E-state index contributed by atoms with van der Waals surface area (Å²) >= 11 is 10.8. The van der Waals surface area contributed by atoms with Crippen molar-refractivity contribution in [3.63, 3.8) is 0 Å². The summed E-state index contributed by atoms with van der Waals surface area (Å²) in [5.74, 6) is 0.232. The average Bonchev–Trinajstić information content (AvgIpc) is 2.73. The van der Waals surface area contributed by atoms with Gasteiger partial charge < -0.3 is 20.1 Å². The molecule has 0 aliphatic heterocycles. The molecule has 0 aliphatic rings. The number of carbonyl (C=O) groups excluding carboxylic acids is 1. The first-order chi connectivity index (χ1) is 14.2. The molecule has 0 unspecified atom stereocenters. The largest absolute Gasteiger partial charge is 1.00 e. The molecule has 0 radical (unpaired) electrons. The predicted octanol–water partition coefficient (Wildman–Crippen LogP) is -0.884. The first kappa shape index (κ1) is 27.5. The number of thiocarbonyl (C=S) groups is 1. The molecular weight excluding hydrogens is 473 g/mol. The maximum absolute atomic E-state index is 12.6. The van der Waals surface area contributed by atoms with E-state index in [9.17, 15) is 13.2 Å². The van der Waals surface area contributed by atoms with Gasteiger partial charge in [-0.3, -0.25) is 9.52 Å². The van der Waals surface area contributed by atoms with Gasteiger partial charge in [-0.15, -0.1) is 0 Å². The van der Waals surface area contributed by atoms with E-state index in [1.54, 1.807) is 24.3 Å². The first-order valence-electron chi connectivity index (χ1n) is 8.75. The number of benzene rings is 2. The van der Waals surface area contributed by atoms with Crippen LogP contribution in [0.3, 0.4) is 0 Å². The number of sulfonamides is 1. The van der Waals surface area contributed by atoms with Gasteiger partial charge in [0.15, 0.2) is 5.11 Å². The van der Waals surface area contributed by atoms with E-state index in [1.165, 1.54) is 33.4 Å². The third kappa shape index (κ3) is 7.51. The number of rotatable bonds is 8. The summed E-state index contributed by atoms with van der Waals surface area (Å²) < 4.78 is 37.8. The molecule has 3 N–H and O–H groups in total. The number of halogens is 1. The monoisotopic (exact) mass is 494 g/mol. The molecule has 0 bridgehead atoms. The molecule has 162 valence electrons. The summed E-state index contributed by atoms with van der Waals surface area (Å²) in [5, 5.41) is 5.70. The summed E-state index contributed by atoms with van der Waals surface area (Å²) in [5.41, 5.74) is 0.998. The third-order valence-corrected chi connectivity index (χ3v) is 6.12. The second-order valence-electron chi connectivity index (χ2n) is 6.02. The van der Waals surface area contributed by atoms with Gasteiger partial charge in [0.25, 0.3) is 15.9 Å². The molecule has 0 saturated carbocycles. The second kappa shape index (κ2) is 12.5. The Morgan fingerprint density at radius 1 is 1.10 bits per heavy atom. The number of hydrogen-bond donors (Lipinski definition) is 3. The fourth-order valence-electron chi connectivity index (χ4n) is 2.59. The van der Waals surface area contributed by atoms with Gasteiger partial charge in [-0.2, -0.15) is 0 Å². The molecule has 8 nitrogen and oxygen atoms in total.